The van der Waals surface area contributed by atoms with E-state index < -0.39 is 0 Å². The highest BCUT2D eigenvalue weighted by Crippen LogP contribution is 2.29. The van der Waals surface area contributed by atoms with E-state index in [1.165, 1.54) is 15.9 Å². The Labute approximate surface area is 287 Å². The number of rotatable bonds is 12. The minimum Gasteiger partial charge on any atom is -0.493 e. The number of thiazole rings is 1. The zero-order valence-electron chi connectivity index (χ0n) is 27.0. The summed E-state index contributed by atoms with van der Waals surface area (Å²) in [6.07, 6.45) is 8.35. The lowest BCUT2D eigenvalue weighted by atomic mass is 10.1. The third-order valence-corrected chi connectivity index (χ3v) is 8.66. The van der Waals surface area contributed by atoms with Gasteiger partial charge < -0.3 is 14.2 Å². The summed E-state index contributed by atoms with van der Waals surface area (Å²) in [5, 5.41) is 9.40. The summed E-state index contributed by atoms with van der Waals surface area (Å²) in [7, 11) is 1.62. The molecule has 0 saturated carbocycles. The van der Waals surface area contributed by atoms with E-state index in [0.717, 1.165) is 45.8 Å². The molecule has 0 unspecified atom stereocenters. The molecule has 0 aliphatic carbocycles. The number of ether oxygens (including phenoxy) is 3. The van der Waals surface area contributed by atoms with E-state index >= 15 is 0 Å². The number of para-hydroxylation sites is 1. The normalized spacial score (nSPS) is 11.8. The van der Waals surface area contributed by atoms with Gasteiger partial charge in [-0.2, -0.15) is 14.6 Å². The molecule has 4 aromatic carbocycles. The fraction of sp³-hybridized carbons (Fsp3) is 0.128. The van der Waals surface area contributed by atoms with E-state index in [9.17, 15) is 4.79 Å². The van der Waals surface area contributed by atoms with Crippen LogP contribution in [-0.4, -0.2) is 38.1 Å². The fourth-order valence-electron chi connectivity index (χ4n) is 5.23. The van der Waals surface area contributed by atoms with Crippen molar-refractivity contribution in [2.45, 2.75) is 20.0 Å². The second kappa shape index (κ2) is 14.4. The Morgan fingerprint density at radius 1 is 0.837 bits per heavy atom. The molecule has 0 N–H and O–H groups in total. The Morgan fingerprint density at radius 2 is 1.61 bits per heavy atom. The van der Waals surface area contributed by atoms with E-state index in [1.54, 1.807) is 13.2 Å². The van der Waals surface area contributed by atoms with Crippen molar-refractivity contribution < 1.29 is 14.2 Å². The first-order chi connectivity index (χ1) is 24.1. The molecule has 0 aliphatic rings. The number of methoxy groups -OCH3 is 1. The van der Waals surface area contributed by atoms with Gasteiger partial charge in [0.1, 0.15) is 18.1 Å². The third kappa shape index (κ3) is 7.14. The van der Waals surface area contributed by atoms with E-state index in [0.29, 0.717) is 40.0 Å². The molecule has 0 bridgehead atoms. The van der Waals surface area contributed by atoms with Crippen LogP contribution < -0.4 is 24.3 Å². The van der Waals surface area contributed by atoms with Gasteiger partial charge >= 0.3 is 0 Å². The minimum atomic E-state index is -0.241. The summed E-state index contributed by atoms with van der Waals surface area (Å²) in [6.45, 7) is 3.16. The van der Waals surface area contributed by atoms with Crippen molar-refractivity contribution in [1.82, 2.24) is 24.4 Å². The highest BCUT2D eigenvalue weighted by atomic mass is 32.1. The molecule has 0 spiro atoms. The smallest absolute Gasteiger partial charge is 0.291 e. The molecule has 3 heterocycles. The molecule has 0 amide bonds. The van der Waals surface area contributed by atoms with Crippen LogP contribution in [0.4, 0.5) is 0 Å². The zero-order chi connectivity index (χ0) is 33.6. The van der Waals surface area contributed by atoms with Crippen LogP contribution in [-0.2, 0) is 6.61 Å². The van der Waals surface area contributed by atoms with Gasteiger partial charge in [0.05, 0.1) is 23.9 Å². The van der Waals surface area contributed by atoms with Crippen molar-refractivity contribution in [2.24, 2.45) is 0 Å². The Morgan fingerprint density at radius 3 is 2.35 bits per heavy atom. The topological polar surface area (TPSA) is 92.8 Å². The van der Waals surface area contributed by atoms with Gasteiger partial charge in [0.15, 0.2) is 17.3 Å². The molecule has 0 saturated heterocycles. The van der Waals surface area contributed by atoms with Crippen molar-refractivity contribution in [3.8, 4) is 34.2 Å². The number of nitrogens with zero attached hydrogens (tertiary/aromatic N) is 5. The molecular weight excluding hydrogens is 635 g/mol. The SMILES string of the molecule is CCCOc1ccc(/C=C/c2nc3s/c(=C\c4cn(-c5ccccc5)nc4-c4ccc(OCc5ccccc5)cc4)c(=O)n3n2)cc1OC. The average molecular weight is 668 g/mol. The summed E-state index contributed by atoms with van der Waals surface area (Å²) in [4.78, 5) is 18.6. The molecule has 3 aromatic heterocycles. The zero-order valence-corrected chi connectivity index (χ0v) is 27.8. The van der Waals surface area contributed by atoms with Gasteiger partial charge in [-0.15, -0.1) is 5.10 Å². The van der Waals surface area contributed by atoms with Crippen LogP contribution in [0.5, 0.6) is 17.2 Å². The maximum absolute atomic E-state index is 13.5. The molecule has 0 atom stereocenters. The number of hydrogen-bond acceptors (Lipinski definition) is 8. The molecule has 7 rings (SSSR count). The molecule has 0 aliphatic heterocycles. The fourth-order valence-corrected chi connectivity index (χ4v) is 6.14. The van der Waals surface area contributed by atoms with Gasteiger partial charge in [0.25, 0.3) is 5.56 Å². The molecule has 9 nitrogen and oxygen atoms in total. The van der Waals surface area contributed by atoms with Crippen molar-refractivity contribution >= 4 is 34.5 Å². The molecule has 0 radical (unpaired) electrons. The average Bonchev–Trinajstić information content (AvgIpc) is 3.84. The number of hydrogen-bond donors (Lipinski definition) is 0. The highest BCUT2D eigenvalue weighted by Gasteiger charge is 2.14. The lowest BCUT2D eigenvalue weighted by Gasteiger charge is -2.10. The van der Waals surface area contributed by atoms with Crippen LogP contribution in [0.25, 0.3) is 40.1 Å². The van der Waals surface area contributed by atoms with Crippen LogP contribution in [0.1, 0.15) is 35.9 Å². The number of fused-ring (bicyclic) bond motifs is 1. The predicted molar refractivity (Wildman–Crippen MR) is 193 cm³/mol. The maximum atomic E-state index is 13.5. The van der Waals surface area contributed by atoms with Crippen LogP contribution in [0.3, 0.4) is 0 Å². The number of aromatic nitrogens is 5. The summed E-state index contributed by atoms with van der Waals surface area (Å²) >= 11 is 1.29. The standard InChI is InChI=1S/C39H33N5O4S/c1-3-22-47-33-20-14-27(23-34(33)46-2)15-21-36-40-39-44(41-36)38(45)35(49-39)24-30-25-43(31-12-8-5-9-13-31)42-37(30)29-16-18-32(19-17-29)48-26-28-10-6-4-7-11-28/h4-21,23-25H,3,22,26H2,1-2H3/b21-15+,35-24-. The van der Waals surface area contributed by atoms with E-state index in [1.807, 2.05) is 126 Å². The molecule has 49 heavy (non-hydrogen) atoms. The van der Waals surface area contributed by atoms with Gasteiger partial charge in [0.2, 0.25) is 4.96 Å². The Balaban J connectivity index is 1.17. The van der Waals surface area contributed by atoms with E-state index in [-0.39, 0.29) is 5.56 Å². The molecular formula is C39H33N5O4S. The highest BCUT2D eigenvalue weighted by molar-refractivity contribution is 7.15. The first kappa shape index (κ1) is 31.6. The van der Waals surface area contributed by atoms with Crippen LogP contribution in [0, 0.1) is 0 Å². The summed E-state index contributed by atoms with van der Waals surface area (Å²) in [5.41, 5.74) is 5.10. The second-order valence-electron chi connectivity index (χ2n) is 11.2. The van der Waals surface area contributed by atoms with Crippen molar-refractivity contribution in [2.75, 3.05) is 13.7 Å². The minimum absolute atomic E-state index is 0.241. The second-order valence-corrected chi connectivity index (χ2v) is 12.2. The molecule has 0 fully saturated rings. The summed E-state index contributed by atoms with van der Waals surface area (Å²) in [6, 6.07) is 33.5. The van der Waals surface area contributed by atoms with Crippen LogP contribution >= 0.6 is 11.3 Å². The van der Waals surface area contributed by atoms with Gasteiger partial charge in [-0.25, -0.2) is 4.68 Å². The monoisotopic (exact) mass is 667 g/mol. The van der Waals surface area contributed by atoms with Gasteiger partial charge in [-0.3, -0.25) is 4.79 Å². The predicted octanol–water partition coefficient (Wildman–Crippen LogP) is 7.10. The first-order valence-corrected chi connectivity index (χ1v) is 16.7. The molecule has 7 aromatic rings. The lowest BCUT2D eigenvalue weighted by Crippen LogP contribution is -2.23. The summed E-state index contributed by atoms with van der Waals surface area (Å²) in [5.74, 6) is 2.55. The largest absolute Gasteiger partial charge is 0.493 e. The van der Waals surface area contributed by atoms with Crippen molar-refractivity contribution in [3.05, 3.63) is 147 Å². The third-order valence-electron chi connectivity index (χ3n) is 7.70. The van der Waals surface area contributed by atoms with Crippen molar-refractivity contribution in [1.29, 1.82) is 0 Å². The van der Waals surface area contributed by atoms with Crippen LogP contribution in [0.15, 0.2) is 114 Å². The maximum Gasteiger partial charge on any atom is 0.291 e. The quantitative estimate of drug-likeness (QED) is 0.137. The number of benzene rings is 4. The van der Waals surface area contributed by atoms with Crippen LogP contribution in [0.2, 0.25) is 0 Å². The summed E-state index contributed by atoms with van der Waals surface area (Å²) < 4.78 is 20.9. The van der Waals surface area contributed by atoms with E-state index in [2.05, 4.69) is 17.0 Å². The lowest BCUT2D eigenvalue weighted by molar-refractivity contribution is 0.294. The van der Waals surface area contributed by atoms with E-state index in [4.69, 9.17) is 19.3 Å². The van der Waals surface area contributed by atoms with Gasteiger partial charge in [-0.05, 0) is 78.2 Å². The molecule has 10 heteroatoms. The first-order valence-electron chi connectivity index (χ1n) is 15.9. The van der Waals surface area contributed by atoms with Gasteiger partial charge in [-0.1, -0.05) is 78.9 Å². The Kier molecular flexibility index (Phi) is 9.29. The Hall–Kier alpha value is -6.00. The van der Waals surface area contributed by atoms with Crippen molar-refractivity contribution in [3.63, 3.8) is 0 Å². The van der Waals surface area contributed by atoms with Gasteiger partial charge in [0, 0.05) is 17.3 Å². The molecule has 244 valence electrons. The Bertz CT molecular complexity index is 2330.